The van der Waals surface area contributed by atoms with Crippen molar-refractivity contribution in [3.63, 3.8) is 0 Å². The van der Waals surface area contributed by atoms with E-state index in [1.807, 2.05) is 20.8 Å². The van der Waals surface area contributed by atoms with Gasteiger partial charge < -0.3 is 14.4 Å². The van der Waals surface area contributed by atoms with Crippen LogP contribution in [0.4, 0.5) is 5.82 Å². The molecule has 2 rings (SSSR count). The number of esters is 1. The van der Waals surface area contributed by atoms with Crippen molar-refractivity contribution < 1.29 is 14.3 Å². The number of morpholine rings is 1. The molecule has 1 aliphatic rings. The van der Waals surface area contributed by atoms with Crippen LogP contribution in [0.25, 0.3) is 0 Å². The van der Waals surface area contributed by atoms with Gasteiger partial charge in [-0.25, -0.2) is 9.78 Å². The number of halogens is 1. The summed E-state index contributed by atoms with van der Waals surface area (Å²) in [6.07, 6.45) is 1.69. The molecule has 0 bridgehead atoms. The maximum Gasteiger partial charge on any atom is 0.342 e. The number of pyridine rings is 1. The van der Waals surface area contributed by atoms with Gasteiger partial charge in [-0.05, 0) is 42.8 Å². The van der Waals surface area contributed by atoms with Gasteiger partial charge in [-0.1, -0.05) is 0 Å². The first-order valence-electron chi connectivity index (χ1n) is 6.58. The lowest BCUT2D eigenvalue weighted by molar-refractivity contribution is 0.00693. The minimum atomic E-state index is -0.526. The third kappa shape index (κ3) is 3.93. The monoisotopic (exact) mass is 342 g/mol. The molecule has 0 unspecified atom stereocenters. The van der Waals surface area contributed by atoms with E-state index in [-0.39, 0.29) is 5.97 Å². The first-order chi connectivity index (χ1) is 9.37. The van der Waals surface area contributed by atoms with Crippen molar-refractivity contribution in [2.45, 2.75) is 26.4 Å². The molecule has 1 aromatic rings. The second-order valence-electron chi connectivity index (χ2n) is 5.63. The van der Waals surface area contributed by atoms with Crippen molar-refractivity contribution in [1.29, 1.82) is 0 Å². The lowest BCUT2D eigenvalue weighted by Gasteiger charge is -2.29. The Hall–Kier alpha value is -1.14. The highest BCUT2D eigenvalue weighted by Gasteiger charge is 2.25. The van der Waals surface area contributed by atoms with Crippen LogP contribution < -0.4 is 4.90 Å². The van der Waals surface area contributed by atoms with E-state index in [9.17, 15) is 4.79 Å². The van der Waals surface area contributed by atoms with Crippen molar-refractivity contribution in [1.82, 2.24) is 4.98 Å². The molecule has 0 amide bonds. The fourth-order valence-electron chi connectivity index (χ4n) is 1.94. The minimum absolute atomic E-state index is 0.354. The van der Waals surface area contributed by atoms with Crippen LogP contribution in [-0.2, 0) is 9.47 Å². The van der Waals surface area contributed by atoms with Crippen LogP contribution >= 0.6 is 15.9 Å². The predicted molar refractivity (Wildman–Crippen MR) is 80.1 cm³/mol. The lowest BCUT2D eigenvalue weighted by atomic mass is 10.1. The third-order valence-corrected chi connectivity index (χ3v) is 3.20. The zero-order valence-electron chi connectivity index (χ0n) is 12.0. The molecule has 0 spiro atoms. The van der Waals surface area contributed by atoms with Gasteiger partial charge in [0.15, 0.2) is 0 Å². The van der Waals surface area contributed by atoms with E-state index < -0.39 is 5.60 Å². The van der Waals surface area contributed by atoms with E-state index in [1.165, 1.54) is 0 Å². The molecule has 5 nitrogen and oxygen atoms in total. The normalized spacial score (nSPS) is 16.1. The van der Waals surface area contributed by atoms with Crippen molar-refractivity contribution >= 4 is 27.7 Å². The standard InChI is InChI=1S/C14H19BrN2O3/c1-14(2,3)20-13(18)11-8-10(15)9-16-12(11)17-4-6-19-7-5-17/h8-9H,4-7H2,1-3H3. The Morgan fingerprint density at radius 1 is 1.40 bits per heavy atom. The summed E-state index contributed by atoms with van der Waals surface area (Å²) in [7, 11) is 0. The largest absolute Gasteiger partial charge is 0.456 e. The number of ether oxygens (including phenoxy) is 2. The summed E-state index contributed by atoms with van der Waals surface area (Å²) < 4.78 is 11.5. The van der Waals surface area contributed by atoms with Gasteiger partial charge in [-0.15, -0.1) is 0 Å². The third-order valence-electron chi connectivity index (χ3n) is 2.76. The molecule has 0 N–H and O–H groups in total. The molecule has 0 saturated carbocycles. The summed E-state index contributed by atoms with van der Waals surface area (Å²) in [5, 5.41) is 0. The van der Waals surface area contributed by atoms with Gasteiger partial charge >= 0.3 is 5.97 Å². The molecular formula is C14H19BrN2O3. The molecule has 0 aliphatic carbocycles. The second-order valence-corrected chi connectivity index (χ2v) is 6.54. The average Bonchev–Trinajstić information content (AvgIpc) is 2.37. The van der Waals surface area contributed by atoms with E-state index in [1.54, 1.807) is 12.3 Å². The van der Waals surface area contributed by atoms with Crippen LogP contribution in [0.2, 0.25) is 0 Å². The van der Waals surface area contributed by atoms with Crippen molar-refractivity contribution in [3.8, 4) is 0 Å². The molecule has 0 aromatic carbocycles. The molecule has 1 saturated heterocycles. The summed E-state index contributed by atoms with van der Waals surface area (Å²) >= 11 is 3.35. The van der Waals surface area contributed by atoms with Crippen LogP contribution in [0, 0.1) is 0 Å². The van der Waals surface area contributed by atoms with Gasteiger partial charge in [0, 0.05) is 23.8 Å². The Labute approximate surface area is 127 Å². The molecule has 1 aromatic heterocycles. The average molecular weight is 343 g/mol. The summed E-state index contributed by atoms with van der Waals surface area (Å²) in [6, 6.07) is 1.76. The summed E-state index contributed by atoms with van der Waals surface area (Å²) in [5.41, 5.74) is -0.0435. The van der Waals surface area contributed by atoms with Crippen molar-refractivity contribution in [3.05, 3.63) is 22.3 Å². The van der Waals surface area contributed by atoms with E-state index in [0.717, 1.165) is 17.6 Å². The van der Waals surface area contributed by atoms with Gasteiger partial charge in [-0.3, -0.25) is 0 Å². The minimum Gasteiger partial charge on any atom is -0.456 e. The smallest absolute Gasteiger partial charge is 0.342 e. The van der Waals surface area contributed by atoms with Crippen molar-refractivity contribution in [2.75, 3.05) is 31.2 Å². The lowest BCUT2D eigenvalue weighted by Crippen LogP contribution is -2.38. The fraction of sp³-hybridized carbons (Fsp3) is 0.571. The Balaban J connectivity index is 2.30. The van der Waals surface area contributed by atoms with Gasteiger partial charge in [0.1, 0.15) is 17.0 Å². The number of nitrogens with zero attached hydrogens (tertiary/aromatic N) is 2. The van der Waals surface area contributed by atoms with Gasteiger partial charge in [0.05, 0.1) is 13.2 Å². The number of anilines is 1. The SMILES string of the molecule is CC(C)(C)OC(=O)c1cc(Br)cnc1N1CCOCC1. The quantitative estimate of drug-likeness (QED) is 0.773. The zero-order valence-corrected chi connectivity index (χ0v) is 13.6. The summed E-state index contributed by atoms with van der Waals surface area (Å²) in [5.74, 6) is 0.304. The molecule has 0 radical (unpaired) electrons. The number of hydrogen-bond donors (Lipinski definition) is 0. The molecule has 1 fully saturated rings. The Morgan fingerprint density at radius 3 is 2.65 bits per heavy atom. The Bertz CT molecular complexity index is 494. The van der Waals surface area contributed by atoms with E-state index in [4.69, 9.17) is 9.47 Å². The van der Waals surface area contributed by atoms with E-state index >= 15 is 0 Å². The molecule has 6 heteroatoms. The number of aromatic nitrogens is 1. The van der Waals surface area contributed by atoms with Crippen LogP contribution in [0.15, 0.2) is 16.7 Å². The number of carbonyl (C=O) groups excluding carboxylic acids is 1. The van der Waals surface area contributed by atoms with Gasteiger partial charge in [-0.2, -0.15) is 0 Å². The first-order valence-corrected chi connectivity index (χ1v) is 7.38. The van der Waals surface area contributed by atoms with Crippen LogP contribution in [0.1, 0.15) is 31.1 Å². The highest BCUT2D eigenvalue weighted by atomic mass is 79.9. The Kier molecular flexibility index (Phi) is 4.65. The molecule has 110 valence electrons. The maximum absolute atomic E-state index is 12.3. The predicted octanol–water partition coefficient (Wildman–Crippen LogP) is 2.64. The topological polar surface area (TPSA) is 51.7 Å². The molecule has 20 heavy (non-hydrogen) atoms. The highest BCUT2D eigenvalue weighted by Crippen LogP contribution is 2.25. The van der Waals surface area contributed by atoms with Gasteiger partial charge in [0.25, 0.3) is 0 Å². The molecule has 2 heterocycles. The number of hydrogen-bond acceptors (Lipinski definition) is 5. The number of rotatable bonds is 2. The molecular weight excluding hydrogens is 324 g/mol. The van der Waals surface area contributed by atoms with Crippen LogP contribution in [0.3, 0.4) is 0 Å². The maximum atomic E-state index is 12.3. The van der Waals surface area contributed by atoms with Crippen LogP contribution in [-0.4, -0.2) is 42.9 Å². The molecule has 0 atom stereocenters. The van der Waals surface area contributed by atoms with Crippen LogP contribution in [0.5, 0.6) is 0 Å². The first kappa shape index (κ1) is 15.3. The zero-order chi connectivity index (χ0) is 14.8. The summed E-state index contributed by atoms with van der Waals surface area (Å²) in [4.78, 5) is 18.8. The fourth-order valence-corrected chi connectivity index (χ4v) is 2.27. The van der Waals surface area contributed by atoms with E-state index in [0.29, 0.717) is 24.6 Å². The van der Waals surface area contributed by atoms with E-state index in [2.05, 4.69) is 25.8 Å². The van der Waals surface area contributed by atoms with Gasteiger partial charge in [0.2, 0.25) is 0 Å². The Morgan fingerprint density at radius 2 is 2.05 bits per heavy atom. The highest BCUT2D eigenvalue weighted by molar-refractivity contribution is 9.10. The summed E-state index contributed by atoms with van der Waals surface area (Å²) in [6.45, 7) is 8.30. The number of carbonyl (C=O) groups is 1. The molecule has 1 aliphatic heterocycles. The second kappa shape index (κ2) is 6.10. The van der Waals surface area contributed by atoms with Crippen molar-refractivity contribution in [2.24, 2.45) is 0 Å².